The first-order chi connectivity index (χ1) is 5.63. The molecule has 0 rings (SSSR count). The number of carbonyl (C=O) groups excluding carboxylic acids is 2. The Hall–Kier alpha value is -1.06. The maximum Gasteiger partial charge on any atom is 0.396 e. The van der Waals surface area contributed by atoms with E-state index in [9.17, 15) is 9.59 Å². The summed E-state index contributed by atoms with van der Waals surface area (Å²) in [5.41, 5.74) is 0. The van der Waals surface area contributed by atoms with Crippen LogP contribution in [0.2, 0.25) is 0 Å². The fourth-order valence-corrected chi connectivity index (χ4v) is 0.740. The van der Waals surface area contributed by atoms with E-state index in [0.29, 0.717) is 6.54 Å². The van der Waals surface area contributed by atoms with Crippen LogP contribution in [0.3, 0.4) is 0 Å². The standard InChI is InChI=1S/C8H15NO3/c1-4-5-6-9(2)7(10)8(11)12-3/h4-6H2,1-3H3. The molecule has 0 unspecified atom stereocenters. The van der Waals surface area contributed by atoms with E-state index in [1.165, 1.54) is 12.0 Å². The molecule has 0 aliphatic rings. The van der Waals surface area contributed by atoms with Crippen LogP contribution in [0.25, 0.3) is 0 Å². The Morgan fingerprint density at radius 2 is 2.00 bits per heavy atom. The molecular formula is C8H15NO3. The van der Waals surface area contributed by atoms with Gasteiger partial charge in [0.05, 0.1) is 7.11 Å². The van der Waals surface area contributed by atoms with Crippen molar-refractivity contribution in [3.63, 3.8) is 0 Å². The minimum absolute atomic E-state index is 0.578. The normalized spacial score (nSPS) is 9.25. The molecule has 0 aromatic carbocycles. The van der Waals surface area contributed by atoms with Crippen LogP contribution in [0.15, 0.2) is 0 Å². The molecule has 0 radical (unpaired) electrons. The summed E-state index contributed by atoms with van der Waals surface area (Å²) in [6.45, 7) is 2.63. The van der Waals surface area contributed by atoms with E-state index in [-0.39, 0.29) is 0 Å². The minimum Gasteiger partial charge on any atom is -0.462 e. The molecule has 1 amide bonds. The molecule has 12 heavy (non-hydrogen) atoms. The molecule has 4 nitrogen and oxygen atoms in total. The number of esters is 1. The Labute approximate surface area is 72.5 Å². The predicted molar refractivity (Wildman–Crippen MR) is 44.6 cm³/mol. The van der Waals surface area contributed by atoms with Gasteiger partial charge in [0, 0.05) is 13.6 Å². The van der Waals surface area contributed by atoms with Crippen molar-refractivity contribution in [3.05, 3.63) is 0 Å². The second-order valence-electron chi connectivity index (χ2n) is 2.57. The van der Waals surface area contributed by atoms with E-state index in [2.05, 4.69) is 4.74 Å². The number of carbonyl (C=O) groups is 2. The number of unbranched alkanes of at least 4 members (excludes halogenated alkanes) is 1. The number of hydrogen-bond acceptors (Lipinski definition) is 3. The van der Waals surface area contributed by atoms with Crippen molar-refractivity contribution in [2.45, 2.75) is 19.8 Å². The molecule has 0 saturated heterocycles. The van der Waals surface area contributed by atoms with Gasteiger partial charge in [-0.2, -0.15) is 0 Å². The quantitative estimate of drug-likeness (QED) is 0.459. The molecule has 0 aromatic rings. The first-order valence-corrected chi connectivity index (χ1v) is 3.96. The highest BCUT2D eigenvalue weighted by molar-refractivity contribution is 6.32. The Balaban J connectivity index is 3.84. The summed E-state index contributed by atoms with van der Waals surface area (Å²) in [5, 5.41) is 0. The summed E-state index contributed by atoms with van der Waals surface area (Å²) in [6, 6.07) is 0. The van der Waals surface area contributed by atoms with Crippen LogP contribution in [0, 0.1) is 0 Å². The van der Waals surface area contributed by atoms with Gasteiger partial charge in [0.2, 0.25) is 0 Å². The second kappa shape index (κ2) is 5.57. The van der Waals surface area contributed by atoms with Gasteiger partial charge in [-0.15, -0.1) is 0 Å². The fourth-order valence-electron chi connectivity index (χ4n) is 0.740. The molecule has 0 N–H and O–H groups in total. The van der Waals surface area contributed by atoms with Crippen molar-refractivity contribution in [2.75, 3.05) is 20.7 Å². The highest BCUT2D eigenvalue weighted by Gasteiger charge is 2.17. The van der Waals surface area contributed by atoms with E-state index in [1.54, 1.807) is 7.05 Å². The van der Waals surface area contributed by atoms with Crippen LogP contribution in [0.4, 0.5) is 0 Å². The number of rotatable bonds is 3. The average Bonchev–Trinajstić information content (AvgIpc) is 2.11. The van der Waals surface area contributed by atoms with Gasteiger partial charge < -0.3 is 9.64 Å². The monoisotopic (exact) mass is 173 g/mol. The van der Waals surface area contributed by atoms with Crippen molar-refractivity contribution in [1.29, 1.82) is 0 Å². The number of hydrogen-bond donors (Lipinski definition) is 0. The molecule has 0 atom stereocenters. The summed E-state index contributed by atoms with van der Waals surface area (Å²) in [4.78, 5) is 23.1. The maximum atomic E-state index is 11.0. The van der Waals surface area contributed by atoms with Gasteiger partial charge in [0.15, 0.2) is 0 Å². The number of ether oxygens (including phenoxy) is 1. The summed E-state index contributed by atoms with van der Waals surface area (Å²) in [7, 11) is 2.79. The third-order valence-corrected chi connectivity index (χ3v) is 1.55. The molecule has 0 saturated carbocycles. The zero-order valence-corrected chi connectivity index (χ0v) is 7.79. The van der Waals surface area contributed by atoms with E-state index in [4.69, 9.17) is 0 Å². The number of likely N-dealkylation sites (N-methyl/N-ethyl adjacent to an activating group) is 1. The second-order valence-corrected chi connectivity index (χ2v) is 2.57. The van der Waals surface area contributed by atoms with Gasteiger partial charge in [-0.3, -0.25) is 4.79 Å². The molecule has 0 aliphatic carbocycles. The molecule has 4 heteroatoms. The SMILES string of the molecule is CCCCN(C)C(=O)C(=O)OC. The zero-order valence-electron chi connectivity index (χ0n) is 7.79. The Bertz CT molecular complexity index is 168. The van der Waals surface area contributed by atoms with Crippen molar-refractivity contribution < 1.29 is 14.3 Å². The number of nitrogens with zero attached hydrogens (tertiary/aromatic N) is 1. The molecule has 0 bridgehead atoms. The van der Waals surface area contributed by atoms with Crippen LogP contribution in [-0.2, 0) is 14.3 Å². The molecule has 70 valence electrons. The lowest BCUT2D eigenvalue weighted by molar-refractivity contribution is -0.157. The molecule has 0 heterocycles. The van der Waals surface area contributed by atoms with Gasteiger partial charge in [0.1, 0.15) is 0 Å². The lowest BCUT2D eigenvalue weighted by atomic mass is 10.3. The van der Waals surface area contributed by atoms with Crippen molar-refractivity contribution in [3.8, 4) is 0 Å². The van der Waals surface area contributed by atoms with E-state index < -0.39 is 11.9 Å². The Kier molecular flexibility index (Phi) is 5.08. The van der Waals surface area contributed by atoms with Crippen LogP contribution >= 0.6 is 0 Å². The highest BCUT2D eigenvalue weighted by atomic mass is 16.5. The third kappa shape index (κ3) is 3.37. The van der Waals surface area contributed by atoms with Crippen molar-refractivity contribution in [2.24, 2.45) is 0 Å². The highest BCUT2D eigenvalue weighted by Crippen LogP contribution is 1.93. The van der Waals surface area contributed by atoms with Gasteiger partial charge in [-0.1, -0.05) is 13.3 Å². The largest absolute Gasteiger partial charge is 0.462 e. The van der Waals surface area contributed by atoms with E-state index in [0.717, 1.165) is 12.8 Å². The molecule has 0 aliphatic heterocycles. The van der Waals surface area contributed by atoms with Crippen LogP contribution < -0.4 is 0 Å². The molecular weight excluding hydrogens is 158 g/mol. The van der Waals surface area contributed by atoms with E-state index >= 15 is 0 Å². The van der Waals surface area contributed by atoms with Gasteiger partial charge in [-0.05, 0) is 6.42 Å². The zero-order chi connectivity index (χ0) is 9.56. The van der Waals surface area contributed by atoms with Gasteiger partial charge in [0.25, 0.3) is 0 Å². The Morgan fingerprint density at radius 3 is 2.42 bits per heavy atom. The Morgan fingerprint density at radius 1 is 1.42 bits per heavy atom. The first-order valence-electron chi connectivity index (χ1n) is 3.96. The van der Waals surface area contributed by atoms with E-state index in [1.807, 2.05) is 6.92 Å². The van der Waals surface area contributed by atoms with Gasteiger partial charge >= 0.3 is 11.9 Å². The van der Waals surface area contributed by atoms with Crippen LogP contribution in [0.5, 0.6) is 0 Å². The lowest BCUT2D eigenvalue weighted by Crippen LogP contribution is -2.34. The first kappa shape index (κ1) is 10.9. The van der Waals surface area contributed by atoms with Crippen molar-refractivity contribution in [1.82, 2.24) is 4.90 Å². The lowest BCUT2D eigenvalue weighted by Gasteiger charge is -2.14. The average molecular weight is 173 g/mol. The fraction of sp³-hybridized carbons (Fsp3) is 0.750. The third-order valence-electron chi connectivity index (χ3n) is 1.55. The van der Waals surface area contributed by atoms with Crippen molar-refractivity contribution >= 4 is 11.9 Å². The summed E-state index contributed by atoms with van der Waals surface area (Å²) < 4.78 is 4.28. The number of methoxy groups -OCH3 is 1. The smallest absolute Gasteiger partial charge is 0.396 e. The summed E-state index contributed by atoms with van der Waals surface area (Å²) in [6.07, 6.45) is 1.90. The van der Waals surface area contributed by atoms with Gasteiger partial charge in [-0.25, -0.2) is 4.79 Å². The van der Waals surface area contributed by atoms with Crippen LogP contribution in [0.1, 0.15) is 19.8 Å². The maximum absolute atomic E-state index is 11.0. The summed E-state index contributed by atoms with van der Waals surface area (Å²) >= 11 is 0. The summed E-state index contributed by atoms with van der Waals surface area (Å²) in [5.74, 6) is -1.38. The predicted octanol–water partition coefficient (Wildman–Crippen LogP) is 0.418. The number of amides is 1. The van der Waals surface area contributed by atoms with Crippen LogP contribution in [-0.4, -0.2) is 37.5 Å². The molecule has 0 spiro atoms. The molecule has 0 fully saturated rings. The molecule has 0 aromatic heterocycles. The topological polar surface area (TPSA) is 46.6 Å². The minimum atomic E-state index is -0.798.